The van der Waals surface area contributed by atoms with Gasteiger partial charge in [0, 0.05) is 44.2 Å². The van der Waals surface area contributed by atoms with E-state index in [0.29, 0.717) is 17.5 Å². The predicted octanol–water partition coefficient (Wildman–Crippen LogP) is 2.03. The van der Waals surface area contributed by atoms with Crippen LogP contribution >= 0.6 is 0 Å². The average Bonchev–Trinajstić information content (AvgIpc) is 2.59. The van der Waals surface area contributed by atoms with Gasteiger partial charge in [0.1, 0.15) is 0 Å². The van der Waals surface area contributed by atoms with Gasteiger partial charge >= 0.3 is 0 Å². The fraction of sp³-hybridized carbons (Fsp3) is 0.579. The molecule has 0 saturated carbocycles. The predicted molar refractivity (Wildman–Crippen MR) is 95.7 cm³/mol. The van der Waals surface area contributed by atoms with Crippen molar-refractivity contribution in [3.63, 3.8) is 0 Å². The van der Waals surface area contributed by atoms with Crippen molar-refractivity contribution in [2.75, 3.05) is 20.1 Å². The first-order chi connectivity index (χ1) is 11.4. The number of likely N-dealkylation sites (tertiary alicyclic amines) is 1. The molecule has 0 spiro atoms. The highest BCUT2D eigenvalue weighted by Gasteiger charge is 2.29. The summed E-state index contributed by atoms with van der Waals surface area (Å²) in [5.41, 5.74) is 1.84. The van der Waals surface area contributed by atoms with Crippen LogP contribution in [0.2, 0.25) is 0 Å². The average molecular weight is 331 g/mol. The highest BCUT2D eigenvalue weighted by atomic mass is 16.2. The van der Waals surface area contributed by atoms with Crippen molar-refractivity contribution in [3.8, 4) is 0 Å². The van der Waals surface area contributed by atoms with Crippen molar-refractivity contribution in [2.24, 2.45) is 11.8 Å². The Balaban J connectivity index is 1.85. The Kier molecular flexibility index (Phi) is 6.37. The summed E-state index contributed by atoms with van der Waals surface area (Å²) < 4.78 is 0. The van der Waals surface area contributed by atoms with E-state index in [4.69, 9.17) is 0 Å². The molecule has 24 heavy (non-hydrogen) atoms. The molecular weight excluding hydrogens is 302 g/mol. The minimum atomic E-state index is -0.0645. The van der Waals surface area contributed by atoms with Crippen LogP contribution in [0, 0.1) is 11.8 Å². The van der Waals surface area contributed by atoms with E-state index in [1.165, 1.54) is 0 Å². The van der Waals surface area contributed by atoms with Crippen LogP contribution in [0.4, 0.5) is 0 Å². The highest BCUT2D eigenvalue weighted by Crippen LogP contribution is 2.19. The summed E-state index contributed by atoms with van der Waals surface area (Å²) in [7, 11) is 1.63. The molecule has 0 radical (unpaired) electrons. The van der Waals surface area contributed by atoms with Crippen molar-refractivity contribution >= 4 is 11.8 Å². The van der Waals surface area contributed by atoms with Crippen LogP contribution < -0.4 is 10.6 Å². The van der Waals surface area contributed by atoms with Gasteiger partial charge in [-0.15, -0.1) is 0 Å². The van der Waals surface area contributed by atoms with E-state index in [0.717, 1.165) is 31.6 Å². The van der Waals surface area contributed by atoms with E-state index >= 15 is 0 Å². The van der Waals surface area contributed by atoms with E-state index in [-0.39, 0.29) is 17.7 Å². The molecule has 1 saturated heterocycles. The van der Waals surface area contributed by atoms with Crippen LogP contribution in [0.5, 0.6) is 0 Å². The first-order valence-electron chi connectivity index (χ1n) is 8.75. The normalized spacial score (nSPS) is 21.0. The lowest BCUT2D eigenvalue weighted by Crippen LogP contribution is -2.50. The van der Waals surface area contributed by atoms with Gasteiger partial charge in [0.25, 0.3) is 5.91 Å². The number of nitrogens with one attached hydrogen (secondary N) is 2. The Morgan fingerprint density at radius 1 is 1.25 bits per heavy atom. The molecule has 1 aromatic rings. The summed E-state index contributed by atoms with van der Waals surface area (Å²) in [5.74, 6) is 0.697. The quantitative estimate of drug-likeness (QED) is 0.868. The third-order valence-electron chi connectivity index (χ3n) is 4.72. The van der Waals surface area contributed by atoms with E-state index in [9.17, 15) is 9.59 Å². The minimum absolute atomic E-state index is 0.0645. The zero-order valence-corrected chi connectivity index (χ0v) is 15.1. The molecule has 1 fully saturated rings. The zero-order chi connectivity index (χ0) is 17.7. The van der Waals surface area contributed by atoms with Crippen molar-refractivity contribution in [1.29, 1.82) is 0 Å². The van der Waals surface area contributed by atoms with Gasteiger partial charge < -0.3 is 15.5 Å². The highest BCUT2D eigenvalue weighted by molar-refractivity contribution is 5.93. The molecule has 5 heteroatoms. The number of carbonyl (C=O) groups is 2. The van der Waals surface area contributed by atoms with Gasteiger partial charge in [-0.1, -0.05) is 32.9 Å². The molecule has 1 aliphatic heterocycles. The Morgan fingerprint density at radius 2 is 1.92 bits per heavy atom. The number of hydrogen-bond acceptors (Lipinski definition) is 3. The molecule has 0 unspecified atom stereocenters. The van der Waals surface area contributed by atoms with Crippen molar-refractivity contribution in [3.05, 3.63) is 35.4 Å². The maximum atomic E-state index is 12.1. The van der Waals surface area contributed by atoms with Crippen LogP contribution in [-0.2, 0) is 11.3 Å². The second-order valence-electron chi connectivity index (χ2n) is 6.97. The second-order valence-corrected chi connectivity index (χ2v) is 6.97. The van der Waals surface area contributed by atoms with Crippen molar-refractivity contribution in [2.45, 2.75) is 39.8 Å². The van der Waals surface area contributed by atoms with E-state index in [2.05, 4.69) is 17.6 Å². The van der Waals surface area contributed by atoms with Crippen LogP contribution in [0.25, 0.3) is 0 Å². The molecule has 2 N–H and O–H groups in total. The summed E-state index contributed by atoms with van der Waals surface area (Å²) in [6.45, 7) is 8.55. The maximum Gasteiger partial charge on any atom is 0.251 e. The fourth-order valence-electron chi connectivity index (χ4n) is 3.18. The Bertz CT molecular complexity index is 568. The number of carbonyl (C=O) groups excluding carboxylic acids is 2. The molecule has 2 rings (SSSR count). The minimum Gasteiger partial charge on any atom is -0.355 e. The standard InChI is InChI=1S/C19H29N3O2/c1-13(2)19(24)22-10-9-17(14(3)12-22)21-11-15-5-7-16(8-6-15)18(23)20-4/h5-8,13-14,17,21H,9-12H2,1-4H3,(H,20,23)/t14-,17-/m1/s1. The Morgan fingerprint density at radius 3 is 2.46 bits per heavy atom. The van der Waals surface area contributed by atoms with Crippen LogP contribution in [-0.4, -0.2) is 42.9 Å². The number of piperidine rings is 1. The molecule has 2 atom stereocenters. The van der Waals surface area contributed by atoms with Crippen LogP contribution in [0.3, 0.4) is 0 Å². The number of rotatable bonds is 5. The lowest BCUT2D eigenvalue weighted by Gasteiger charge is -2.38. The summed E-state index contributed by atoms with van der Waals surface area (Å²) in [4.78, 5) is 25.7. The summed E-state index contributed by atoms with van der Waals surface area (Å²) >= 11 is 0. The molecule has 132 valence electrons. The van der Waals surface area contributed by atoms with Gasteiger partial charge in [0.05, 0.1) is 0 Å². The zero-order valence-electron chi connectivity index (χ0n) is 15.1. The van der Waals surface area contributed by atoms with Gasteiger partial charge in [-0.05, 0) is 30.0 Å². The number of nitrogens with zero attached hydrogens (tertiary/aromatic N) is 1. The van der Waals surface area contributed by atoms with Gasteiger partial charge in [-0.25, -0.2) is 0 Å². The monoisotopic (exact) mass is 331 g/mol. The number of amides is 2. The molecule has 0 aromatic heterocycles. The van der Waals surface area contributed by atoms with Gasteiger partial charge in [-0.2, -0.15) is 0 Å². The van der Waals surface area contributed by atoms with Gasteiger partial charge in [0.2, 0.25) is 5.91 Å². The smallest absolute Gasteiger partial charge is 0.251 e. The number of hydrogen-bond donors (Lipinski definition) is 2. The molecule has 2 amide bonds. The lowest BCUT2D eigenvalue weighted by molar-refractivity contribution is -0.136. The molecule has 0 bridgehead atoms. The molecular formula is C19H29N3O2. The van der Waals surface area contributed by atoms with Gasteiger partial charge in [0.15, 0.2) is 0 Å². The van der Waals surface area contributed by atoms with Crippen molar-refractivity contribution < 1.29 is 9.59 Å². The largest absolute Gasteiger partial charge is 0.355 e. The second kappa shape index (κ2) is 8.29. The third-order valence-corrected chi connectivity index (χ3v) is 4.72. The Hall–Kier alpha value is -1.88. The van der Waals surface area contributed by atoms with E-state index < -0.39 is 0 Å². The third kappa shape index (κ3) is 4.57. The maximum absolute atomic E-state index is 12.1. The fourth-order valence-corrected chi connectivity index (χ4v) is 3.18. The lowest BCUT2D eigenvalue weighted by atomic mass is 9.92. The van der Waals surface area contributed by atoms with Crippen LogP contribution in [0.15, 0.2) is 24.3 Å². The van der Waals surface area contributed by atoms with Crippen molar-refractivity contribution in [1.82, 2.24) is 15.5 Å². The summed E-state index contributed by atoms with van der Waals surface area (Å²) in [5, 5.41) is 6.23. The van der Waals surface area contributed by atoms with E-state index in [1.54, 1.807) is 7.05 Å². The molecule has 5 nitrogen and oxygen atoms in total. The topological polar surface area (TPSA) is 61.4 Å². The summed E-state index contributed by atoms with van der Waals surface area (Å²) in [6, 6.07) is 8.09. The molecule has 1 aliphatic rings. The first-order valence-corrected chi connectivity index (χ1v) is 8.75. The SMILES string of the molecule is CNC(=O)c1ccc(CN[C@@H]2CCN(C(=O)C(C)C)C[C@H]2C)cc1. The molecule has 0 aliphatic carbocycles. The first kappa shape index (κ1) is 18.5. The number of benzene rings is 1. The Labute approximate surface area is 144 Å². The van der Waals surface area contributed by atoms with E-state index in [1.807, 2.05) is 43.0 Å². The van der Waals surface area contributed by atoms with Gasteiger partial charge in [-0.3, -0.25) is 9.59 Å². The van der Waals surface area contributed by atoms with Crippen LogP contribution in [0.1, 0.15) is 43.1 Å². The molecule has 1 heterocycles. The summed E-state index contributed by atoms with van der Waals surface area (Å²) in [6.07, 6.45) is 0.982. The molecule has 1 aromatic carbocycles.